The highest BCUT2D eigenvalue weighted by Gasteiger charge is 2.19. The molecule has 0 saturated carbocycles. The number of aromatic nitrogens is 4. The van der Waals surface area contributed by atoms with Crippen molar-refractivity contribution in [3.63, 3.8) is 0 Å². The molecule has 0 atom stereocenters. The van der Waals surface area contributed by atoms with Gasteiger partial charge in [0.25, 0.3) is 0 Å². The molecule has 0 unspecified atom stereocenters. The van der Waals surface area contributed by atoms with Gasteiger partial charge >= 0.3 is 5.97 Å². The van der Waals surface area contributed by atoms with Crippen molar-refractivity contribution in [3.8, 4) is 11.7 Å². The number of carbonyl (C=O) groups is 1. The molecule has 0 saturated heterocycles. The minimum absolute atomic E-state index is 0.194. The maximum Gasteiger partial charge on any atom is 0.345 e. The summed E-state index contributed by atoms with van der Waals surface area (Å²) in [5.74, 6) is 0.204. The standard InChI is InChI=1S/C11H12N4O3/c1-3-18-11(16)8-7-15(14-10(8)17-2)9-6-12-4-5-13-9/h4-7H,3H2,1-2H3. The monoisotopic (exact) mass is 248 g/mol. The summed E-state index contributed by atoms with van der Waals surface area (Å²) in [5.41, 5.74) is 0.255. The second-order valence-corrected chi connectivity index (χ2v) is 3.28. The predicted octanol–water partition coefficient (Wildman–Crippen LogP) is 0.848. The summed E-state index contributed by atoms with van der Waals surface area (Å²) < 4.78 is 11.4. The molecule has 2 rings (SSSR count). The molecule has 0 aromatic carbocycles. The van der Waals surface area contributed by atoms with Crippen LogP contribution in [0, 0.1) is 0 Å². The SMILES string of the molecule is CCOC(=O)c1cn(-c2cnccn2)nc1OC. The van der Waals surface area contributed by atoms with Gasteiger partial charge in [-0.2, -0.15) is 0 Å². The summed E-state index contributed by atoms with van der Waals surface area (Å²) in [6.07, 6.45) is 6.12. The Balaban J connectivity index is 2.38. The van der Waals surface area contributed by atoms with E-state index < -0.39 is 5.97 Å². The van der Waals surface area contributed by atoms with Crippen LogP contribution < -0.4 is 4.74 Å². The Bertz CT molecular complexity index is 538. The van der Waals surface area contributed by atoms with E-state index in [9.17, 15) is 4.79 Å². The molecule has 0 N–H and O–H groups in total. The van der Waals surface area contributed by atoms with Crippen LogP contribution in [-0.2, 0) is 4.74 Å². The normalized spacial score (nSPS) is 10.1. The molecule has 7 heteroatoms. The number of hydrogen-bond acceptors (Lipinski definition) is 6. The van der Waals surface area contributed by atoms with Gasteiger partial charge in [-0.3, -0.25) is 4.98 Å². The first kappa shape index (κ1) is 12.0. The molecule has 18 heavy (non-hydrogen) atoms. The molecule has 0 aliphatic rings. The largest absolute Gasteiger partial charge is 0.479 e. The third-order valence-corrected chi connectivity index (χ3v) is 2.15. The molecular formula is C11H12N4O3. The van der Waals surface area contributed by atoms with Crippen molar-refractivity contribution < 1.29 is 14.3 Å². The Labute approximate surface area is 103 Å². The molecule has 0 spiro atoms. The Morgan fingerprint density at radius 3 is 2.89 bits per heavy atom. The summed E-state index contributed by atoms with van der Waals surface area (Å²) in [6, 6.07) is 0. The average Bonchev–Trinajstić information content (AvgIpc) is 2.84. The van der Waals surface area contributed by atoms with E-state index in [0.29, 0.717) is 5.82 Å². The molecule has 0 bridgehead atoms. The lowest BCUT2D eigenvalue weighted by atomic mass is 10.3. The lowest BCUT2D eigenvalue weighted by Crippen LogP contribution is -2.05. The van der Waals surface area contributed by atoms with Gasteiger partial charge in [-0.25, -0.2) is 14.5 Å². The zero-order valence-corrected chi connectivity index (χ0v) is 10.0. The Morgan fingerprint density at radius 2 is 2.28 bits per heavy atom. The molecule has 2 aromatic heterocycles. The maximum absolute atomic E-state index is 11.7. The first-order valence-corrected chi connectivity index (χ1v) is 5.33. The predicted molar refractivity (Wildman–Crippen MR) is 61.7 cm³/mol. The highest BCUT2D eigenvalue weighted by atomic mass is 16.5. The Kier molecular flexibility index (Phi) is 3.52. The van der Waals surface area contributed by atoms with Crippen molar-refractivity contribution in [1.82, 2.24) is 19.7 Å². The van der Waals surface area contributed by atoms with Crippen molar-refractivity contribution in [2.75, 3.05) is 13.7 Å². The van der Waals surface area contributed by atoms with Crippen molar-refractivity contribution in [3.05, 3.63) is 30.4 Å². The minimum Gasteiger partial charge on any atom is -0.479 e. The van der Waals surface area contributed by atoms with E-state index in [0.717, 1.165) is 0 Å². The van der Waals surface area contributed by atoms with Crippen molar-refractivity contribution in [2.24, 2.45) is 0 Å². The highest BCUT2D eigenvalue weighted by Crippen LogP contribution is 2.18. The first-order valence-electron chi connectivity index (χ1n) is 5.33. The first-order chi connectivity index (χ1) is 8.76. The van der Waals surface area contributed by atoms with E-state index in [4.69, 9.17) is 9.47 Å². The summed E-state index contributed by atoms with van der Waals surface area (Å²) in [5, 5.41) is 4.09. The zero-order chi connectivity index (χ0) is 13.0. The Morgan fingerprint density at radius 1 is 1.44 bits per heavy atom. The van der Waals surface area contributed by atoms with Crippen molar-refractivity contribution >= 4 is 5.97 Å². The van der Waals surface area contributed by atoms with Gasteiger partial charge in [0.15, 0.2) is 5.82 Å². The molecule has 0 radical (unpaired) electrons. The summed E-state index contributed by atoms with van der Waals surface area (Å²) in [6.45, 7) is 2.02. The molecule has 0 aliphatic heterocycles. The van der Waals surface area contributed by atoms with Gasteiger partial charge in [0, 0.05) is 12.4 Å². The van der Waals surface area contributed by atoms with Crippen LogP contribution in [0.3, 0.4) is 0 Å². The average molecular weight is 248 g/mol. The number of ether oxygens (including phenoxy) is 2. The van der Waals surface area contributed by atoms with Crippen LogP contribution in [0.5, 0.6) is 5.88 Å². The Hall–Kier alpha value is -2.44. The van der Waals surface area contributed by atoms with Gasteiger partial charge in [-0.05, 0) is 6.92 Å². The fourth-order valence-electron chi connectivity index (χ4n) is 1.38. The molecular weight excluding hydrogens is 236 g/mol. The van der Waals surface area contributed by atoms with Gasteiger partial charge in [0.1, 0.15) is 5.56 Å². The topological polar surface area (TPSA) is 79.1 Å². The molecule has 0 aliphatic carbocycles. The number of carbonyl (C=O) groups excluding carboxylic acids is 1. The summed E-state index contributed by atoms with van der Waals surface area (Å²) >= 11 is 0. The molecule has 2 heterocycles. The second kappa shape index (κ2) is 5.26. The number of hydrogen-bond donors (Lipinski definition) is 0. The zero-order valence-electron chi connectivity index (χ0n) is 10.0. The van der Waals surface area contributed by atoms with Crippen LogP contribution in [0.1, 0.15) is 17.3 Å². The number of rotatable bonds is 4. The van der Waals surface area contributed by atoms with Crippen LogP contribution in [0.4, 0.5) is 0 Å². The third-order valence-electron chi connectivity index (χ3n) is 2.15. The van der Waals surface area contributed by atoms with Crippen LogP contribution >= 0.6 is 0 Å². The summed E-state index contributed by atoms with van der Waals surface area (Å²) in [4.78, 5) is 19.7. The smallest absolute Gasteiger partial charge is 0.345 e. The number of nitrogens with zero attached hydrogens (tertiary/aromatic N) is 4. The van der Waals surface area contributed by atoms with Crippen molar-refractivity contribution in [2.45, 2.75) is 6.92 Å². The minimum atomic E-state index is -0.482. The van der Waals surface area contributed by atoms with Gasteiger partial charge in [-0.15, -0.1) is 5.10 Å². The lowest BCUT2D eigenvalue weighted by molar-refractivity contribution is 0.0522. The highest BCUT2D eigenvalue weighted by molar-refractivity contribution is 5.91. The second-order valence-electron chi connectivity index (χ2n) is 3.28. The van der Waals surface area contributed by atoms with Crippen LogP contribution in [0.2, 0.25) is 0 Å². The van der Waals surface area contributed by atoms with Gasteiger partial charge in [0.2, 0.25) is 5.88 Å². The van der Waals surface area contributed by atoms with E-state index in [2.05, 4.69) is 15.1 Å². The number of esters is 1. The van der Waals surface area contributed by atoms with E-state index in [1.165, 1.54) is 30.4 Å². The summed E-state index contributed by atoms with van der Waals surface area (Å²) in [7, 11) is 1.44. The van der Waals surface area contributed by atoms with E-state index >= 15 is 0 Å². The molecule has 0 fully saturated rings. The van der Waals surface area contributed by atoms with Gasteiger partial charge < -0.3 is 9.47 Å². The number of methoxy groups -OCH3 is 1. The lowest BCUT2D eigenvalue weighted by Gasteiger charge is -1.99. The molecule has 7 nitrogen and oxygen atoms in total. The van der Waals surface area contributed by atoms with Crippen LogP contribution in [0.25, 0.3) is 5.82 Å². The van der Waals surface area contributed by atoms with E-state index in [1.807, 2.05) is 0 Å². The molecule has 94 valence electrons. The van der Waals surface area contributed by atoms with Crippen molar-refractivity contribution in [1.29, 1.82) is 0 Å². The van der Waals surface area contributed by atoms with Crippen LogP contribution in [-0.4, -0.2) is 39.4 Å². The van der Waals surface area contributed by atoms with Gasteiger partial charge in [-0.1, -0.05) is 0 Å². The molecule has 2 aromatic rings. The quantitative estimate of drug-likeness (QED) is 0.746. The van der Waals surface area contributed by atoms with E-state index in [1.54, 1.807) is 13.1 Å². The van der Waals surface area contributed by atoms with E-state index in [-0.39, 0.29) is 18.1 Å². The fraction of sp³-hybridized carbons (Fsp3) is 0.273. The van der Waals surface area contributed by atoms with Gasteiger partial charge in [0.05, 0.1) is 26.1 Å². The van der Waals surface area contributed by atoms with Crippen LogP contribution in [0.15, 0.2) is 24.8 Å². The maximum atomic E-state index is 11.7. The molecule has 0 amide bonds. The third kappa shape index (κ3) is 2.29. The fourth-order valence-corrected chi connectivity index (χ4v) is 1.38.